The largest absolute Gasteiger partial charge is 0.464 e. The minimum absolute atomic E-state index is 0.0972. The molecule has 0 saturated heterocycles. The highest BCUT2D eigenvalue weighted by Crippen LogP contribution is 2.37. The van der Waals surface area contributed by atoms with E-state index in [1.165, 1.54) is 0 Å². The van der Waals surface area contributed by atoms with Gasteiger partial charge in [-0.2, -0.15) is 26.3 Å². The first-order valence-corrected chi connectivity index (χ1v) is 9.07. The van der Waals surface area contributed by atoms with Crippen molar-refractivity contribution in [3.63, 3.8) is 0 Å². The lowest BCUT2D eigenvalue weighted by Crippen LogP contribution is -2.22. The molecule has 0 amide bonds. The van der Waals surface area contributed by atoms with Gasteiger partial charge >= 0.3 is 18.3 Å². The normalized spacial score (nSPS) is 12.5. The van der Waals surface area contributed by atoms with Crippen molar-refractivity contribution in [2.24, 2.45) is 0 Å². The van der Waals surface area contributed by atoms with Crippen LogP contribution in [0.1, 0.15) is 27.2 Å². The number of alkyl halides is 6. The number of carbonyl (C=O) groups excluding carboxylic acids is 1. The van der Waals surface area contributed by atoms with Crippen LogP contribution in [0.5, 0.6) is 0 Å². The first-order chi connectivity index (χ1) is 13.2. The van der Waals surface area contributed by atoms with E-state index in [2.05, 4.69) is 14.7 Å². The lowest BCUT2D eigenvalue weighted by Gasteiger charge is -2.16. The molecule has 0 atom stereocenters. The molecule has 2 aromatic rings. The molecule has 2 rings (SSSR count). The molecule has 0 spiro atoms. The predicted molar refractivity (Wildman–Crippen MR) is 86.1 cm³/mol. The second-order valence-electron chi connectivity index (χ2n) is 5.47. The molecular formula is C15H11F6N3O4S. The van der Waals surface area contributed by atoms with Crippen LogP contribution in [-0.4, -0.2) is 31.5 Å². The number of hydrogen-bond donors (Lipinski definition) is 1. The number of methoxy groups -OCH3 is 1. The van der Waals surface area contributed by atoms with Crippen molar-refractivity contribution in [3.8, 4) is 0 Å². The highest BCUT2D eigenvalue weighted by Gasteiger charge is 2.38. The summed E-state index contributed by atoms with van der Waals surface area (Å²) >= 11 is 0. The Kier molecular flexibility index (Phi) is 6.06. The summed E-state index contributed by atoms with van der Waals surface area (Å²) in [5.41, 5.74) is -4.73. The highest BCUT2D eigenvalue weighted by molar-refractivity contribution is 7.91. The molecule has 14 heteroatoms. The molecule has 0 bridgehead atoms. The van der Waals surface area contributed by atoms with Gasteiger partial charge in [0.15, 0.2) is 11.5 Å². The summed E-state index contributed by atoms with van der Waals surface area (Å²) in [6, 6.07) is 0.445. The molecule has 0 aliphatic rings. The van der Waals surface area contributed by atoms with Crippen LogP contribution in [0.2, 0.25) is 0 Å². The van der Waals surface area contributed by atoms with E-state index in [1.54, 1.807) is 4.72 Å². The second kappa shape index (κ2) is 7.85. The van der Waals surface area contributed by atoms with Crippen LogP contribution in [-0.2, 0) is 32.9 Å². The average Bonchev–Trinajstić information content (AvgIpc) is 2.59. The van der Waals surface area contributed by atoms with E-state index in [0.29, 0.717) is 0 Å². The standard InChI is InChI=1S/C15H11F6N3O4S/c1-28-13(25)11-12(23-5-4-22-11)24-29(26,27)7-8-6-9(14(16,17)18)2-3-10(8)15(19,20)21/h2-6H,7H2,1H3,(H,23,24). The van der Waals surface area contributed by atoms with Crippen molar-refractivity contribution in [2.75, 3.05) is 11.8 Å². The topological polar surface area (TPSA) is 98.2 Å². The fourth-order valence-corrected chi connectivity index (χ4v) is 3.38. The number of nitrogens with zero attached hydrogens (tertiary/aromatic N) is 2. The van der Waals surface area contributed by atoms with Gasteiger partial charge in [-0.1, -0.05) is 0 Å². The zero-order chi connectivity index (χ0) is 22.0. The number of ether oxygens (including phenoxy) is 1. The molecule has 0 aliphatic carbocycles. The molecule has 0 radical (unpaired) electrons. The number of esters is 1. The summed E-state index contributed by atoms with van der Waals surface area (Å²) in [4.78, 5) is 18.7. The summed E-state index contributed by atoms with van der Waals surface area (Å²) in [6.07, 6.45) is -8.08. The Balaban J connectivity index is 2.46. The van der Waals surface area contributed by atoms with E-state index in [1.807, 2.05) is 0 Å². The number of carbonyl (C=O) groups is 1. The van der Waals surface area contributed by atoms with Crippen molar-refractivity contribution in [1.29, 1.82) is 0 Å². The summed E-state index contributed by atoms with van der Waals surface area (Å²) < 4.78 is 109. The van der Waals surface area contributed by atoms with Crippen molar-refractivity contribution < 1.29 is 44.3 Å². The summed E-state index contributed by atoms with van der Waals surface area (Å²) in [6.45, 7) is 0. The Morgan fingerprint density at radius 2 is 1.69 bits per heavy atom. The summed E-state index contributed by atoms with van der Waals surface area (Å²) in [5, 5.41) is 0. The van der Waals surface area contributed by atoms with E-state index in [4.69, 9.17) is 0 Å². The van der Waals surface area contributed by atoms with Crippen LogP contribution in [0.4, 0.5) is 32.2 Å². The van der Waals surface area contributed by atoms with Gasteiger partial charge < -0.3 is 4.74 Å². The summed E-state index contributed by atoms with van der Waals surface area (Å²) in [5.74, 6) is -3.21. The number of hydrogen-bond acceptors (Lipinski definition) is 6. The first kappa shape index (κ1) is 22.4. The Hall–Kier alpha value is -2.90. The van der Waals surface area contributed by atoms with Gasteiger partial charge in [-0.25, -0.2) is 23.2 Å². The minimum Gasteiger partial charge on any atom is -0.464 e. The lowest BCUT2D eigenvalue weighted by atomic mass is 10.0. The van der Waals surface area contributed by atoms with E-state index in [-0.39, 0.29) is 18.2 Å². The highest BCUT2D eigenvalue weighted by atomic mass is 32.2. The van der Waals surface area contributed by atoms with Gasteiger partial charge in [-0.05, 0) is 23.8 Å². The SMILES string of the molecule is COC(=O)c1nccnc1NS(=O)(=O)Cc1cc(C(F)(F)F)ccc1C(F)(F)F. The fraction of sp³-hybridized carbons (Fsp3) is 0.267. The van der Waals surface area contributed by atoms with Crippen LogP contribution in [0.15, 0.2) is 30.6 Å². The predicted octanol–water partition coefficient (Wildman–Crippen LogP) is 3.24. The van der Waals surface area contributed by atoms with Gasteiger partial charge in [0.1, 0.15) is 0 Å². The van der Waals surface area contributed by atoms with Gasteiger partial charge in [0, 0.05) is 12.4 Å². The Bertz CT molecular complexity index is 1020. The number of rotatable bonds is 5. The molecule has 158 valence electrons. The van der Waals surface area contributed by atoms with Gasteiger partial charge in [0.05, 0.1) is 24.0 Å². The Morgan fingerprint density at radius 3 is 2.24 bits per heavy atom. The minimum atomic E-state index is -5.10. The van der Waals surface area contributed by atoms with Crippen LogP contribution >= 0.6 is 0 Å². The number of aromatic nitrogens is 2. The van der Waals surface area contributed by atoms with Crippen molar-refractivity contribution in [2.45, 2.75) is 18.1 Å². The number of sulfonamides is 1. The molecule has 1 heterocycles. The van der Waals surface area contributed by atoms with E-state index in [9.17, 15) is 39.6 Å². The van der Waals surface area contributed by atoms with Gasteiger partial charge in [0.25, 0.3) is 0 Å². The number of halogens is 6. The maximum absolute atomic E-state index is 13.1. The third-order valence-corrected chi connectivity index (χ3v) is 4.61. The molecule has 0 fully saturated rings. The third-order valence-electron chi connectivity index (χ3n) is 3.41. The third kappa shape index (κ3) is 5.56. The second-order valence-corrected chi connectivity index (χ2v) is 7.20. The molecule has 0 aliphatic heterocycles. The fourth-order valence-electron chi connectivity index (χ4n) is 2.21. The van der Waals surface area contributed by atoms with Crippen molar-refractivity contribution in [3.05, 3.63) is 53.0 Å². The quantitative estimate of drug-likeness (QED) is 0.563. The lowest BCUT2D eigenvalue weighted by molar-refractivity contribution is -0.141. The molecule has 1 aromatic carbocycles. The average molecular weight is 443 g/mol. The Labute approximate surface area is 159 Å². The van der Waals surface area contributed by atoms with Crippen LogP contribution in [0.25, 0.3) is 0 Å². The number of nitrogens with one attached hydrogen (secondary N) is 1. The molecule has 0 saturated carbocycles. The van der Waals surface area contributed by atoms with Crippen molar-refractivity contribution >= 4 is 21.8 Å². The van der Waals surface area contributed by atoms with E-state index in [0.717, 1.165) is 19.5 Å². The van der Waals surface area contributed by atoms with Crippen LogP contribution in [0, 0.1) is 0 Å². The first-order valence-electron chi connectivity index (χ1n) is 7.42. The van der Waals surface area contributed by atoms with Gasteiger partial charge in [-0.3, -0.25) is 4.72 Å². The molecule has 7 nitrogen and oxygen atoms in total. The maximum Gasteiger partial charge on any atom is 0.416 e. The number of benzene rings is 1. The monoisotopic (exact) mass is 443 g/mol. The van der Waals surface area contributed by atoms with Gasteiger partial charge in [0.2, 0.25) is 10.0 Å². The Morgan fingerprint density at radius 1 is 1.07 bits per heavy atom. The molecule has 1 N–H and O–H groups in total. The summed E-state index contributed by atoms with van der Waals surface area (Å²) in [7, 11) is -3.76. The van der Waals surface area contributed by atoms with Gasteiger partial charge in [-0.15, -0.1) is 0 Å². The zero-order valence-corrected chi connectivity index (χ0v) is 15.1. The van der Waals surface area contributed by atoms with E-state index >= 15 is 0 Å². The van der Waals surface area contributed by atoms with Crippen LogP contribution in [0.3, 0.4) is 0 Å². The smallest absolute Gasteiger partial charge is 0.416 e. The van der Waals surface area contributed by atoms with E-state index < -0.39 is 62.3 Å². The number of anilines is 1. The molecule has 29 heavy (non-hydrogen) atoms. The van der Waals surface area contributed by atoms with Crippen LogP contribution < -0.4 is 4.72 Å². The molecule has 1 aromatic heterocycles. The molecular weight excluding hydrogens is 432 g/mol. The van der Waals surface area contributed by atoms with Crippen molar-refractivity contribution in [1.82, 2.24) is 9.97 Å². The zero-order valence-electron chi connectivity index (χ0n) is 14.3. The maximum atomic E-state index is 13.1. The molecule has 0 unspecified atom stereocenters.